The number of carbonyl (C=O) groups is 1. The third-order valence-electron chi connectivity index (χ3n) is 4.96. The van der Waals surface area contributed by atoms with Crippen molar-refractivity contribution in [3.63, 3.8) is 0 Å². The van der Waals surface area contributed by atoms with Crippen LogP contribution in [0.5, 0.6) is 0 Å². The summed E-state index contributed by atoms with van der Waals surface area (Å²) in [4.78, 5) is 19.3. The molecule has 0 saturated heterocycles. The standard InChI is InChI=1S/C23H24N4O2/c1-16-5-7-17(8-6-16)27(15-24-12-13-29-2)14-19-22-18-4-3-11-25-20(18)9-10-21(22)26-23(19)28/h3-11,14,24H,12-13,15H2,1-2H3,(H,26,28). The third kappa shape index (κ3) is 3.99. The first-order valence-corrected chi connectivity index (χ1v) is 9.61. The number of rotatable bonds is 7. The summed E-state index contributed by atoms with van der Waals surface area (Å²) in [6, 6.07) is 16.0. The van der Waals surface area contributed by atoms with Gasteiger partial charge >= 0.3 is 0 Å². The van der Waals surface area contributed by atoms with Crippen LogP contribution in [0.15, 0.2) is 60.9 Å². The molecule has 2 heterocycles. The Bertz CT molecular complexity index is 1060. The molecule has 148 valence electrons. The zero-order valence-electron chi connectivity index (χ0n) is 16.6. The van der Waals surface area contributed by atoms with Gasteiger partial charge in [0.15, 0.2) is 0 Å². The van der Waals surface area contributed by atoms with E-state index in [9.17, 15) is 4.79 Å². The maximum Gasteiger partial charge on any atom is 0.257 e. The maximum absolute atomic E-state index is 12.8. The number of aromatic nitrogens is 1. The van der Waals surface area contributed by atoms with Gasteiger partial charge in [-0.25, -0.2) is 0 Å². The molecule has 3 aromatic rings. The summed E-state index contributed by atoms with van der Waals surface area (Å²) in [5.41, 5.74) is 5.41. The van der Waals surface area contributed by atoms with Crippen LogP contribution in [0.3, 0.4) is 0 Å². The van der Waals surface area contributed by atoms with Gasteiger partial charge in [-0.05, 0) is 37.3 Å². The van der Waals surface area contributed by atoms with E-state index in [2.05, 4.69) is 46.8 Å². The van der Waals surface area contributed by atoms with Crippen molar-refractivity contribution in [1.29, 1.82) is 0 Å². The molecule has 29 heavy (non-hydrogen) atoms. The number of pyridine rings is 1. The predicted molar refractivity (Wildman–Crippen MR) is 117 cm³/mol. The van der Waals surface area contributed by atoms with E-state index in [0.29, 0.717) is 18.8 Å². The van der Waals surface area contributed by atoms with Gasteiger partial charge in [0.05, 0.1) is 24.4 Å². The van der Waals surface area contributed by atoms with Crippen LogP contribution in [-0.4, -0.2) is 37.8 Å². The Balaban J connectivity index is 1.75. The summed E-state index contributed by atoms with van der Waals surface area (Å²) >= 11 is 0. The second-order valence-corrected chi connectivity index (χ2v) is 7.01. The van der Waals surface area contributed by atoms with Gasteiger partial charge in [0, 0.05) is 48.4 Å². The number of nitrogens with zero attached hydrogens (tertiary/aromatic N) is 2. The summed E-state index contributed by atoms with van der Waals surface area (Å²) < 4.78 is 5.12. The minimum absolute atomic E-state index is 0.106. The van der Waals surface area contributed by atoms with Gasteiger partial charge in [-0.2, -0.15) is 0 Å². The number of hydrogen-bond acceptors (Lipinski definition) is 5. The number of ether oxygens (including phenoxy) is 1. The van der Waals surface area contributed by atoms with E-state index in [1.54, 1.807) is 13.3 Å². The van der Waals surface area contributed by atoms with Crippen LogP contribution in [0.4, 0.5) is 11.4 Å². The number of aryl methyl sites for hydroxylation is 1. The molecule has 0 fully saturated rings. The van der Waals surface area contributed by atoms with Crippen LogP contribution in [0.25, 0.3) is 16.5 Å². The van der Waals surface area contributed by atoms with Crippen LogP contribution < -0.4 is 15.5 Å². The lowest BCUT2D eigenvalue weighted by molar-refractivity contribution is -0.110. The monoisotopic (exact) mass is 388 g/mol. The highest BCUT2D eigenvalue weighted by molar-refractivity contribution is 6.34. The van der Waals surface area contributed by atoms with E-state index in [4.69, 9.17) is 4.74 Å². The molecule has 1 amide bonds. The molecule has 0 unspecified atom stereocenters. The number of hydrogen-bond donors (Lipinski definition) is 2. The Morgan fingerprint density at radius 2 is 2.00 bits per heavy atom. The summed E-state index contributed by atoms with van der Waals surface area (Å²) in [6.45, 7) is 3.96. The lowest BCUT2D eigenvalue weighted by atomic mass is 10.0. The number of amides is 1. The van der Waals surface area contributed by atoms with Gasteiger partial charge in [-0.15, -0.1) is 0 Å². The third-order valence-corrected chi connectivity index (χ3v) is 4.96. The van der Waals surface area contributed by atoms with Crippen LogP contribution >= 0.6 is 0 Å². The molecule has 1 aromatic heterocycles. The van der Waals surface area contributed by atoms with Crippen molar-refractivity contribution in [2.45, 2.75) is 6.92 Å². The highest BCUT2D eigenvalue weighted by Crippen LogP contribution is 2.37. The molecule has 0 bridgehead atoms. The van der Waals surface area contributed by atoms with Gasteiger partial charge in [0.25, 0.3) is 5.91 Å². The average molecular weight is 388 g/mol. The van der Waals surface area contributed by atoms with Crippen molar-refractivity contribution in [2.75, 3.05) is 37.1 Å². The quantitative estimate of drug-likeness (QED) is 0.368. The highest BCUT2D eigenvalue weighted by atomic mass is 16.5. The predicted octanol–water partition coefficient (Wildman–Crippen LogP) is 3.54. The fraction of sp³-hybridized carbons (Fsp3) is 0.217. The number of nitrogens with one attached hydrogen (secondary N) is 2. The Hall–Kier alpha value is -3.22. The smallest absolute Gasteiger partial charge is 0.257 e. The normalized spacial score (nSPS) is 14.3. The Labute approximate surface area is 170 Å². The highest BCUT2D eigenvalue weighted by Gasteiger charge is 2.27. The Morgan fingerprint density at radius 1 is 1.17 bits per heavy atom. The number of benzene rings is 2. The van der Waals surface area contributed by atoms with E-state index in [1.807, 2.05) is 35.4 Å². The first-order chi connectivity index (χ1) is 14.2. The van der Waals surface area contributed by atoms with Gasteiger partial charge in [0.2, 0.25) is 0 Å². The van der Waals surface area contributed by atoms with Crippen molar-refractivity contribution in [1.82, 2.24) is 10.3 Å². The van der Waals surface area contributed by atoms with E-state index >= 15 is 0 Å². The lowest BCUT2D eigenvalue weighted by Gasteiger charge is -2.22. The first-order valence-electron chi connectivity index (χ1n) is 9.61. The molecule has 1 aliphatic heterocycles. The van der Waals surface area contributed by atoms with Crippen LogP contribution in [-0.2, 0) is 9.53 Å². The molecule has 0 aliphatic carbocycles. The second kappa shape index (κ2) is 8.43. The SMILES string of the molecule is COCCNCN(C=C1C(=O)Nc2ccc3ncccc3c21)c1ccc(C)cc1. The molecule has 2 N–H and O–H groups in total. The fourth-order valence-corrected chi connectivity index (χ4v) is 3.45. The molecule has 0 saturated carbocycles. The zero-order chi connectivity index (χ0) is 20.2. The molecular formula is C23H24N4O2. The number of anilines is 2. The molecule has 0 atom stereocenters. The summed E-state index contributed by atoms with van der Waals surface area (Å²) in [5.74, 6) is -0.106. The van der Waals surface area contributed by atoms with Crippen LogP contribution in [0, 0.1) is 6.92 Å². The Kier molecular flexibility index (Phi) is 5.55. The van der Waals surface area contributed by atoms with Gasteiger partial charge in [0.1, 0.15) is 0 Å². The van der Waals surface area contributed by atoms with E-state index in [-0.39, 0.29) is 5.91 Å². The van der Waals surface area contributed by atoms with Crippen molar-refractivity contribution < 1.29 is 9.53 Å². The number of carbonyl (C=O) groups excluding carboxylic acids is 1. The average Bonchev–Trinajstić information content (AvgIpc) is 3.06. The molecule has 6 heteroatoms. The van der Waals surface area contributed by atoms with E-state index in [0.717, 1.165) is 34.4 Å². The molecule has 1 aliphatic rings. The number of methoxy groups -OCH3 is 1. The van der Waals surface area contributed by atoms with Crippen molar-refractivity contribution in [2.24, 2.45) is 0 Å². The molecule has 0 spiro atoms. The van der Waals surface area contributed by atoms with E-state index in [1.165, 1.54) is 5.56 Å². The molecule has 0 radical (unpaired) electrons. The molecule has 4 rings (SSSR count). The van der Waals surface area contributed by atoms with Gasteiger partial charge in [-0.1, -0.05) is 23.8 Å². The summed E-state index contributed by atoms with van der Waals surface area (Å²) in [6.07, 6.45) is 3.68. The van der Waals surface area contributed by atoms with Crippen molar-refractivity contribution >= 4 is 33.8 Å². The van der Waals surface area contributed by atoms with Crippen molar-refractivity contribution in [3.05, 3.63) is 72.1 Å². The van der Waals surface area contributed by atoms with E-state index < -0.39 is 0 Å². The lowest BCUT2D eigenvalue weighted by Crippen LogP contribution is -2.33. The maximum atomic E-state index is 12.8. The summed E-state index contributed by atoms with van der Waals surface area (Å²) in [7, 11) is 1.68. The first kappa shape index (κ1) is 19.1. The molecule has 2 aromatic carbocycles. The van der Waals surface area contributed by atoms with Crippen molar-refractivity contribution in [3.8, 4) is 0 Å². The number of fused-ring (bicyclic) bond motifs is 3. The minimum atomic E-state index is -0.106. The summed E-state index contributed by atoms with van der Waals surface area (Å²) in [5, 5.41) is 7.31. The largest absolute Gasteiger partial charge is 0.383 e. The molecular weight excluding hydrogens is 364 g/mol. The molecule has 6 nitrogen and oxygen atoms in total. The minimum Gasteiger partial charge on any atom is -0.383 e. The fourth-order valence-electron chi connectivity index (χ4n) is 3.45. The van der Waals surface area contributed by atoms with Gasteiger partial charge in [-0.3, -0.25) is 15.1 Å². The van der Waals surface area contributed by atoms with Gasteiger partial charge < -0.3 is 15.0 Å². The second-order valence-electron chi connectivity index (χ2n) is 7.01. The topological polar surface area (TPSA) is 66.5 Å². The Morgan fingerprint density at radius 3 is 2.79 bits per heavy atom. The zero-order valence-corrected chi connectivity index (χ0v) is 16.6. The van der Waals surface area contributed by atoms with Crippen LogP contribution in [0.2, 0.25) is 0 Å². The van der Waals surface area contributed by atoms with Crippen LogP contribution in [0.1, 0.15) is 11.1 Å².